The normalized spacial score (nSPS) is 13.2. The fourth-order valence-electron chi connectivity index (χ4n) is 9.11. The van der Waals surface area contributed by atoms with Crippen LogP contribution >= 0.6 is 11.3 Å². The van der Waals surface area contributed by atoms with Crippen molar-refractivity contribution < 1.29 is 0 Å². The van der Waals surface area contributed by atoms with E-state index in [0.717, 1.165) is 11.4 Å². The molecular weight excluding hydrogens is 659 g/mol. The number of hydrogen-bond donors (Lipinski definition) is 0. The first-order valence-corrected chi connectivity index (χ1v) is 19.2. The molecule has 10 aromatic rings. The minimum absolute atomic E-state index is 0.0879. The molecule has 1 nitrogen and oxygen atoms in total. The van der Waals surface area contributed by atoms with Crippen LogP contribution < -0.4 is 4.90 Å². The number of fused-ring (bicyclic) bond motifs is 11. The Morgan fingerprint density at radius 1 is 0.434 bits per heavy atom. The van der Waals surface area contributed by atoms with Gasteiger partial charge in [0.05, 0.1) is 5.69 Å². The van der Waals surface area contributed by atoms with Gasteiger partial charge in [-0.15, -0.1) is 11.3 Å². The van der Waals surface area contributed by atoms with Crippen molar-refractivity contribution in [2.24, 2.45) is 0 Å². The van der Waals surface area contributed by atoms with Crippen LogP contribution in [0.15, 0.2) is 176 Å². The topological polar surface area (TPSA) is 3.24 Å². The predicted octanol–water partition coefficient (Wildman–Crippen LogP) is 15.0. The average Bonchev–Trinajstić information content (AvgIpc) is 3.69. The maximum absolute atomic E-state index is 2.48. The Kier molecular flexibility index (Phi) is 6.53. The Morgan fingerprint density at radius 2 is 1.09 bits per heavy atom. The summed E-state index contributed by atoms with van der Waals surface area (Å²) in [6, 6.07) is 65.4. The molecule has 0 atom stereocenters. The van der Waals surface area contributed by atoms with Crippen molar-refractivity contribution in [3.63, 3.8) is 0 Å². The third-order valence-corrected chi connectivity index (χ3v) is 12.8. The summed E-state index contributed by atoms with van der Waals surface area (Å²) in [5, 5.41) is 10.4. The van der Waals surface area contributed by atoms with E-state index in [1.165, 1.54) is 91.6 Å². The van der Waals surface area contributed by atoms with E-state index in [4.69, 9.17) is 0 Å². The van der Waals surface area contributed by atoms with E-state index in [-0.39, 0.29) is 5.41 Å². The van der Waals surface area contributed by atoms with E-state index in [2.05, 4.69) is 195 Å². The van der Waals surface area contributed by atoms with Crippen LogP contribution in [0.25, 0.3) is 74.7 Å². The monoisotopic (exact) mass is 693 g/mol. The van der Waals surface area contributed by atoms with Gasteiger partial charge in [-0.25, -0.2) is 0 Å². The second kappa shape index (κ2) is 11.4. The molecule has 11 rings (SSSR count). The Balaban J connectivity index is 1.12. The lowest BCUT2D eigenvalue weighted by Gasteiger charge is -2.29. The summed E-state index contributed by atoms with van der Waals surface area (Å²) in [6.45, 7) is 4.72. The lowest BCUT2D eigenvalue weighted by molar-refractivity contribution is 0.660. The van der Waals surface area contributed by atoms with Crippen LogP contribution in [0.1, 0.15) is 25.0 Å². The van der Waals surface area contributed by atoms with Crippen molar-refractivity contribution in [1.29, 1.82) is 0 Å². The van der Waals surface area contributed by atoms with E-state index in [1.807, 2.05) is 11.3 Å². The second-order valence-electron chi connectivity index (χ2n) is 14.9. The minimum atomic E-state index is -0.0879. The van der Waals surface area contributed by atoms with E-state index in [0.29, 0.717) is 0 Å². The van der Waals surface area contributed by atoms with Crippen molar-refractivity contribution in [2.75, 3.05) is 4.90 Å². The molecule has 0 unspecified atom stereocenters. The SMILES string of the molecule is CC1(C)c2ccccc2-c2c(N(c3ccc(-c4cc5ccc6ccccc6c5c5ccccc45)cc3)c3ccc4c(c3)sc3ccccc34)cccc21. The van der Waals surface area contributed by atoms with Gasteiger partial charge in [-0.05, 0) is 103 Å². The Bertz CT molecular complexity index is 3090. The second-order valence-corrected chi connectivity index (χ2v) is 16.0. The van der Waals surface area contributed by atoms with Gasteiger partial charge < -0.3 is 4.90 Å². The summed E-state index contributed by atoms with van der Waals surface area (Å²) < 4.78 is 2.62. The van der Waals surface area contributed by atoms with Crippen molar-refractivity contribution >= 4 is 80.9 Å². The van der Waals surface area contributed by atoms with Crippen LogP contribution in [0, 0.1) is 0 Å². The van der Waals surface area contributed by atoms with Gasteiger partial charge in [-0.1, -0.05) is 147 Å². The van der Waals surface area contributed by atoms with Gasteiger partial charge in [0.15, 0.2) is 0 Å². The molecule has 1 heterocycles. The zero-order valence-electron chi connectivity index (χ0n) is 29.6. The maximum Gasteiger partial charge on any atom is 0.0543 e. The van der Waals surface area contributed by atoms with Crippen LogP contribution in [0.3, 0.4) is 0 Å². The van der Waals surface area contributed by atoms with Crippen LogP contribution in [0.4, 0.5) is 17.1 Å². The molecule has 0 saturated heterocycles. The van der Waals surface area contributed by atoms with E-state index in [1.54, 1.807) is 0 Å². The largest absolute Gasteiger partial charge is 0.310 e. The molecule has 0 amide bonds. The third-order valence-electron chi connectivity index (χ3n) is 11.6. The summed E-state index contributed by atoms with van der Waals surface area (Å²) in [4.78, 5) is 2.48. The number of benzene rings is 9. The van der Waals surface area contributed by atoms with Gasteiger partial charge in [0.1, 0.15) is 0 Å². The molecule has 1 aliphatic carbocycles. The van der Waals surface area contributed by atoms with Crippen LogP contribution in [0.5, 0.6) is 0 Å². The molecular formula is C51H35NS. The van der Waals surface area contributed by atoms with Gasteiger partial charge in [0.2, 0.25) is 0 Å². The van der Waals surface area contributed by atoms with E-state index < -0.39 is 0 Å². The molecule has 9 aromatic carbocycles. The smallest absolute Gasteiger partial charge is 0.0543 e. The highest BCUT2D eigenvalue weighted by atomic mass is 32.1. The molecule has 0 radical (unpaired) electrons. The average molecular weight is 694 g/mol. The maximum atomic E-state index is 2.48. The fraction of sp³-hybridized carbons (Fsp3) is 0.0588. The molecule has 0 spiro atoms. The van der Waals surface area contributed by atoms with Crippen LogP contribution in [-0.4, -0.2) is 0 Å². The first-order valence-electron chi connectivity index (χ1n) is 18.4. The number of anilines is 3. The Hall–Kier alpha value is -6.22. The summed E-state index contributed by atoms with van der Waals surface area (Å²) in [5.74, 6) is 0. The number of thiophene rings is 1. The van der Waals surface area contributed by atoms with Crippen molar-refractivity contribution in [3.8, 4) is 22.3 Å². The molecule has 0 saturated carbocycles. The van der Waals surface area contributed by atoms with Gasteiger partial charge in [0.25, 0.3) is 0 Å². The molecule has 0 fully saturated rings. The molecule has 0 aliphatic heterocycles. The molecule has 0 N–H and O–H groups in total. The Morgan fingerprint density at radius 3 is 1.96 bits per heavy atom. The molecule has 53 heavy (non-hydrogen) atoms. The number of hydrogen-bond acceptors (Lipinski definition) is 2. The summed E-state index contributed by atoms with van der Waals surface area (Å²) in [5.41, 5.74) is 11.3. The number of rotatable bonds is 4. The van der Waals surface area contributed by atoms with E-state index >= 15 is 0 Å². The van der Waals surface area contributed by atoms with Gasteiger partial charge in [-0.2, -0.15) is 0 Å². The number of nitrogens with zero attached hydrogens (tertiary/aromatic N) is 1. The third kappa shape index (κ3) is 4.49. The predicted molar refractivity (Wildman–Crippen MR) is 230 cm³/mol. The van der Waals surface area contributed by atoms with Crippen LogP contribution in [0.2, 0.25) is 0 Å². The zero-order valence-corrected chi connectivity index (χ0v) is 30.4. The fourth-order valence-corrected chi connectivity index (χ4v) is 10.2. The lowest BCUT2D eigenvalue weighted by atomic mass is 9.82. The highest BCUT2D eigenvalue weighted by Crippen LogP contribution is 2.54. The molecule has 2 heteroatoms. The molecule has 0 bridgehead atoms. The standard InChI is InChI=1S/C51H35NS/c1-51(2)44-18-9-7-17-42(44)50-45(51)19-11-20-46(50)52(36-28-29-40-39-15-8-10-21-47(39)53-48(40)31-36)35-26-24-33(25-27-35)43-30-34-23-22-32-12-3-4-13-37(32)49(34)41-16-6-5-14-38(41)43/h3-31H,1-2H3. The molecule has 1 aromatic heterocycles. The van der Waals surface area contributed by atoms with Crippen LogP contribution in [-0.2, 0) is 5.41 Å². The van der Waals surface area contributed by atoms with Crippen molar-refractivity contribution in [3.05, 3.63) is 187 Å². The highest BCUT2D eigenvalue weighted by molar-refractivity contribution is 7.25. The lowest BCUT2D eigenvalue weighted by Crippen LogP contribution is -2.16. The zero-order chi connectivity index (χ0) is 35.3. The van der Waals surface area contributed by atoms with Gasteiger partial charge >= 0.3 is 0 Å². The van der Waals surface area contributed by atoms with Gasteiger partial charge in [-0.3, -0.25) is 0 Å². The highest BCUT2D eigenvalue weighted by Gasteiger charge is 2.37. The minimum Gasteiger partial charge on any atom is -0.310 e. The summed E-state index contributed by atoms with van der Waals surface area (Å²) in [6.07, 6.45) is 0. The molecule has 250 valence electrons. The van der Waals surface area contributed by atoms with E-state index in [9.17, 15) is 0 Å². The van der Waals surface area contributed by atoms with Crippen molar-refractivity contribution in [2.45, 2.75) is 19.3 Å². The molecule has 1 aliphatic rings. The first-order chi connectivity index (χ1) is 26.0. The van der Waals surface area contributed by atoms with Gasteiger partial charge in [0, 0.05) is 42.5 Å². The quantitative estimate of drug-likeness (QED) is 0.166. The summed E-state index contributed by atoms with van der Waals surface area (Å²) >= 11 is 1.87. The first kappa shape index (κ1) is 30.4. The van der Waals surface area contributed by atoms with Crippen molar-refractivity contribution in [1.82, 2.24) is 0 Å². The Labute approximate surface area is 313 Å². The summed E-state index contributed by atoms with van der Waals surface area (Å²) in [7, 11) is 0.